The summed E-state index contributed by atoms with van der Waals surface area (Å²) in [6, 6.07) is 0. The highest BCUT2D eigenvalue weighted by Gasteiger charge is 2.22. The molecule has 0 aromatic carbocycles. The Kier molecular flexibility index (Phi) is 3.76. The number of imidazole rings is 1. The molecule has 0 radical (unpaired) electrons. The normalized spacial score (nSPS) is 14.9. The van der Waals surface area contributed by atoms with Gasteiger partial charge in [-0.2, -0.15) is 0 Å². The Morgan fingerprint density at radius 3 is 3.00 bits per heavy atom. The molecule has 1 aliphatic rings. The second-order valence-corrected chi connectivity index (χ2v) is 6.51. The summed E-state index contributed by atoms with van der Waals surface area (Å²) in [7, 11) is 1.99. The molecule has 0 fully saturated rings. The number of nitrogens with one attached hydrogen (secondary N) is 1. The van der Waals surface area contributed by atoms with Crippen molar-refractivity contribution in [3.63, 3.8) is 0 Å². The van der Waals surface area contributed by atoms with Crippen molar-refractivity contribution in [2.24, 2.45) is 0 Å². The molecule has 3 rings (SSSR count). The van der Waals surface area contributed by atoms with E-state index in [1.165, 1.54) is 10.6 Å². The SMILES string of the molecule is CNCc1sc(N2CCn3ccnc3C2)nc1C(C)C. The Labute approximate surface area is 123 Å². The van der Waals surface area contributed by atoms with Gasteiger partial charge in [-0.1, -0.05) is 13.8 Å². The Morgan fingerprint density at radius 2 is 2.25 bits per heavy atom. The second-order valence-electron chi connectivity index (χ2n) is 5.45. The van der Waals surface area contributed by atoms with Crippen molar-refractivity contribution in [2.75, 3.05) is 18.5 Å². The lowest BCUT2D eigenvalue weighted by molar-refractivity contribution is 0.558. The number of aromatic nitrogens is 3. The summed E-state index contributed by atoms with van der Waals surface area (Å²) in [6.45, 7) is 8.17. The second kappa shape index (κ2) is 5.54. The van der Waals surface area contributed by atoms with Crippen LogP contribution in [0.1, 0.15) is 36.2 Å². The monoisotopic (exact) mass is 291 g/mol. The van der Waals surface area contributed by atoms with Gasteiger partial charge in [0.2, 0.25) is 0 Å². The molecule has 0 saturated heterocycles. The van der Waals surface area contributed by atoms with E-state index in [1.54, 1.807) is 0 Å². The number of hydrogen-bond donors (Lipinski definition) is 1. The molecule has 0 bridgehead atoms. The summed E-state index contributed by atoms with van der Waals surface area (Å²) >= 11 is 1.81. The lowest BCUT2D eigenvalue weighted by Gasteiger charge is -2.27. The van der Waals surface area contributed by atoms with Gasteiger partial charge < -0.3 is 14.8 Å². The molecule has 0 saturated carbocycles. The standard InChI is InChI=1S/C14H21N5S/c1-10(2)13-11(8-15-3)20-14(17-13)19-7-6-18-5-4-16-12(18)9-19/h4-5,10,15H,6-9H2,1-3H3. The van der Waals surface area contributed by atoms with E-state index in [9.17, 15) is 0 Å². The van der Waals surface area contributed by atoms with Gasteiger partial charge in [0.25, 0.3) is 0 Å². The highest BCUT2D eigenvalue weighted by molar-refractivity contribution is 7.15. The molecule has 1 N–H and O–H groups in total. The first-order valence-corrected chi connectivity index (χ1v) is 7.90. The van der Waals surface area contributed by atoms with E-state index in [2.05, 4.69) is 39.8 Å². The maximum atomic E-state index is 4.88. The molecule has 1 aliphatic heterocycles. The smallest absolute Gasteiger partial charge is 0.186 e. The Balaban J connectivity index is 1.86. The minimum absolute atomic E-state index is 0.468. The van der Waals surface area contributed by atoms with Crippen LogP contribution in [-0.4, -0.2) is 28.1 Å². The highest BCUT2D eigenvalue weighted by Crippen LogP contribution is 2.32. The van der Waals surface area contributed by atoms with Crippen LogP contribution in [0.2, 0.25) is 0 Å². The van der Waals surface area contributed by atoms with Crippen LogP contribution in [0.4, 0.5) is 5.13 Å². The number of rotatable bonds is 4. The molecule has 20 heavy (non-hydrogen) atoms. The Bertz CT molecular complexity index is 586. The van der Waals surface area contributed by atoms with E-state index >= 15 is 0 Å². The fraction of sp³-hybridized carbons (Fsp3) is 0.571. The van der Waals surface area contributed by atoms with E-state index < -0.39 is 0 Å². The minimum atomic E-state index is 0.468. The molecule has 5 nitrogen and oxygen atoms in total. The molecule has 3 heterocycles. The van der Waals surface area contributed by atoms with Crippen LogP contribution in [0.3, 0.4) is 0 Å². The molecule has 108 valence electrons. The van der Waals surface area contributed by atoms with Crippen LogP contribution in [0.5, 0.6) is 0 Å². The number of anilines is 1. The molecular weight excluding hydrogens is 270 g/mol. The summed E-state index contributed by atoms with van der Waals surface area (Å²) in [6.07, 6.45) is 3.94. The average Bonchev–Trinajstić information content (AvgIpc) is 3.04. The Morgan fingerprint density at radius 1 is 1.40 bits per heavy atom. The number of hydrogen-bond acceptors (Lipinski definition) is 5. The van der Waals surface area contributed by atoms with Crippen molar-refractivity contribution in [3.05, 3.63) is 28.8 Å². The Hall–Kier alpha value is -1.40. The largest absolute Gasteiger partial charge is 0.339 e. The van der Waals surface area contributed by atoms with Crippen LogP contribution < -0.4 is 10.2 Å². The maximum Gasteiger partial charge on any atom is 0.186 e. The summed E-state index contributed by atoms with van der Waals surface area (Å²) in [5.41, 5.74) is 1.23. The zero-order valence-electron chi connectivity index (χ0n) is 12.3. The molecular formula is C14H21N5S. The lowest BCUT2D eigenvalue weighted by atomic mass is 10.1. The first-order chi connectivity index (χ1) is 9.69. The average molecular weight is 291 g/mol. The van der Waals surface area contributed by atoms with Crippen LogP contribution in [0, 0.1) is 0 Å². The van der Waals surface area contributed by atoms with Gasteiger partial charge in [0, 0.05) is 36.9 Å². The fourth-order valence-corrected chi connectivity index (χ4v) is 3.81. The molecule has 6 heteroatoms. The predicted octanol–water partition coefficient (Wildman–Crippen LogP) is 2.20. The van der Waals surface area contributed by atoms with Gasteiger partial charge in [-0.05, 0) is 13.0 Å². The van der Waals surface area contributed by atoms with Crippen LogP contribution >= 0.6 is 11.3 Å². The quantitative estimate of drug-likeness (QED) is 0.938. The molecule has 0 aliphatic carbocycles. The fourth-order valence-electron chi connectivity index (χ4n) is 2.56. The van der Waals surface area contributed by atoms with Gasteiger partial charge >= 0.3 is 0 Å². The van der Waals surface area contributed by atoms with Crippen molar-refractivity contribution in [1.29, 1.82) is 0 Å². The summed E-state index contributed by atoms with van der Waals surface area (Å²) in [5.74, 6) is 1.60. The first-order valence-electron chi connectivity index (χ1n) is 7.08. The molecule has 2 aromatic rings. The van der Waals surface area contributed by atoms with E-state index in [-0.39, 0.29) is 0 Å². The summed E-state index contributed by atoms with van der Waals surface area (Å²) < 4.78 is 2.22. The van der Waals surface area contributed by atoms with Crippen LogP contribution in [0.15, 0.2) is 12.4 Å². The van der Waals surface area contributed by atoms with Crippen molar-refractivity contribution in [3.8, 4) is 0 Å². The van der Waals surface area contributed by atoms with Gasteiger partial charge in [-0.3, -0.25) is 0 Å². The predicted molar refractivity (Wildman–Crippen MR) is 82.2 cm³/mol. The van der Waals surface area contributed by atoms with E-state index in [0.717, 1.165) is 37.1 Å². The molecule has 0 amide bonds. The van der Waals surface area contributed by atoms with Crippen LogP contribution in [-0.2, 0) is 19.6 Å². The van der Waals surface area contributed by atoms with Gasteiger partial charge in [-0.25, -0.2) is 9.97 Å². The van der Waals surface area contributed by atoms with E-state index in [4.69, 9.17) is 4.98 Å². The third kappa shape index (κ3) is 2.45. The molecule has 0 spiro atoms. The number of nitrogens with zero attached hydrogens (tertiary/aromatic N) is 4. The maximum absolute atomic E-state index is 4.88. The zero-order chi connectivity index (χ0) is 14.1. The van der Waals surface area contributed by atoms with Gasteiger partial charge in [0.15, 0.2) is 5.13 Å². The van der Waals surface area contributed by atoms with Gasteiger partial charge in [-0.15, -0.1) is 11.3 Å². The van der Waals surface area contributed by atoms with Gasteiger partial charge in [0.05, 0.1) is 12.2 Å². The molecule has 0 atom stereocenters. The first kappa shape index (κ1) is 13.6. The van der Waals surface area contributed by atoms with Crippen molar-refractivity contribution >= 4 is 16.5 Å². The van der Waals surface area contributed by atoms with Crippen molar-refractivity contribution in [2.45, 2.75) is 39.4 Å². The topological polar surface area (TPSA) is 46.0 Å². The van der Waals surface area contributed by atoms with Crippen molar-refractivity contribution < 1.29 is 0 Å². The third-order valence-electron chi connectivity index (χ3n) is 3.62. The van der Waals surface area contributed by atoms with E-state index in [0.29, 0.717) is 5.92 Å². The third-order valence-corrected chi connectivity index (χ3v) is 4.75. The van der Waals surface area contributed by atoms with Gasteiger partial charge in [0.1, 0.15) is 5.82 Å². The minimum Gasteiger partial charge on any atom is -0.339 e. The molecule has 2 aromatic heterocycles. The zero-order valence-corrected chi connectivity index (χ0v) is 13.1. The summed E-state index contributed by atoms with van der Waals surface area (Å²) in [5, 5.41) is 4.38. The number of fused-ring (bicyclic) bond motifs is 1. The van der Waals surface area contributed by atoms with Crippen molar-refractivity contribution in [1.82, 2.24) is 19.9 Å². The summed E-state index contributed by atoms with van der Waals surface area (Å²) in [4.78, 5) is 13.0. The number of thiazole rings is 1. The molecule has 0 unspecified atom stereocenters. The lowest BCUT2D eigenvalue weighted by Crippen LogP contribution is -2.33. The highest BCUT2D eigenvalue weighted by atomic mass is 32.1. The van der Waals surface area contributed by atoms with Crippen LogP contribution in [0.25, 0.3) is 0 Å². The van der Waals surface area contributed by atoms with E-state index in [1.807, 2.05) is 24.6 Å².